The molecule has 0 radical (unpaired) electrons. The molecular formula is C22H30N4O4. The molecule has 2 N–H and O–H groups in total. The van der Waals surface area contributed by atoms with Crippen molar-refractivity contribution in [3.8, 4) is 5.75 Å². The van der Waals surface area contributed by atoms with Gasteiger partial charge in [0.25, 0.3) is 5.91 Å². The lowest BCUT2D eigenvalue weighted by Crippen LogP contribution is -2.49. The Morgan fingerprint density at radius 3 is 2.40 bits per heavy atom. The fourth-order valence-electron chi connectivity index (χ4n) is 4.90. The molecule has 3 aliphatic rings. The molecule has 30 heavy (non-hydrogen) atoms. The molecular weight excluding hydrogens is 384 g/mol. The molecule has 0 aromatic heterocycles. The van der Waals surface area contributed by atoms with Crippen LogP contribution in [-0.4, -0.2) is 62.6 Å². The first-order valence-corrected chi connectivity index (χ1v) is 10.9. The predicted molar refractivity (Wildman–Crippen MR) is 113 cm³/mol. The number of nitrogens with one attached hydrogen (secondary N) is 2. The molecule has 1 aromatic rings. The lowest BCUT2D eigenvalue weighted by molar-refractivity contribution is -0.120. The van der Waals surface area contributed by atoms with Crippen LogP contribution in [0.15, 0.2) is 18.2 Å². The van der Waals surface area contributed by atoms with Crippen LogP contribution in [0.2, 0.25) is 0 Å². The summed E-state index contributed by atoms with van der Waals surface area (Å²) < 4.78 is 5.40. The highest BCUT2D eigenvalue weighted by molar-refractivity contribution is 6.07. The summed E-state index contributed by atoms with van der Waals surface area (Å²) in [6.45, 7) is 4.02. The van der Waals surface area contributed by atoms with Gasteiger partial charge in [0.05, 0.1) is 12.8 Å². The second-order valence-corrected chi connectivity index (χ2v) is 8.36. The van der Waals surface area contributed by atoms with Crippen LogP contribution >= 0.6 is 0 Å². The van der Waals surface area contributed by atoms with Crippen molar-refractivity contribution in [2.45, 2.75) is 32.1 Å². The number of hydrogen-bond donors (Lipinski definition) is 2. The number of carbonyl (C=O) groups is 3. The van der Waals surface area contributed by atoms with E-state index >= 15 is 0 Å². The maximum atomic E-state index is 13.2. The molecule has 1 aromatic carbocycles. The number of amides is 4. The zero-order valence-corrected chi connectivity index (χ0v) is 17.5. The third kappa shape index (κ3) is 4.28. The van der Waals surface area contributed by atoms with Crippen LogP contribution in [0.3, 0.4) is 0 Å². The van der Waals surface area contributed by atoms with Crippen LogP contribution in [0, 0.1) is 11.8 Å². The summed E-state index contributed by atoms with van der Waals surface area (Å²) in [7, 11) is 1.53. The van der Waals surface area contributed by atoms with Crippen molar-refractivity contribution in [2.75, 3.05) is 44.7 Å². The van der Waals surface area contributed by atoms with E-state index in [0.29, 0.717) is 22.9 Å². The average Bonchev–Trinajstić information content (AvgIpc) is 2.79. The maximum Gasteiger partial charge on any atom is 0.328 e. The van der Waals surface area contributed by atoms with Gasteiger partial charge in [-0.3, -0.25) is 19.8 Å². The number of anilines is 1. The highest BCUT2D eigenvalue weighted by Gasteiger charge is 2.31. The summed E-state index contributed by atoms with van der Waals surface area (Å²) in [5.74, 6) is 1.67. The van der Waals surface area contributed by atoms with Gasteiger partial charge in [0.15, 0.2) is 0 Å². The van der Waals surface area contributed by atoms with Crippen molar-refractivity contribution in [1.29, 1.82) is 0 Å². The highest BCUT2D eigenvalue weighted by Crippen LogP contribution is 2.33. The van der Waals surface area contributed by atoms with Gasteiger partial charge in [0, 0.05) is 31.6 Å². The second-order valence-electron chi connectivity index (χ2n) is 8.36. The highest BCUT2D eigenvalue weighted by atomic mass is 16.5. The number of rotatable bonds is 4. The number of urea groups is 1. The van der Waals surface area contributed by atoms with Gasteiger partial charge in [0.2, 0.25) is 5.91 Å². The molecule has 8 nitrogen and oxygen atoms in total. The molecule has 0 bridgehead atoms. The molecule has 3 aliphatic heterocycles. The number of nitrogens with zero attached hydrogens (tertiary/aromatic N) is 2. The van der Waals surface area contributed by atoms with Gasteiger partial charge in [0.1, 0.15) is 5.75 Å². The van der Waals surface area contributed by atoms with Crippen LogP contribution in [-0.2, 0) is 4.79 Å². The van der Waals surface area contributed by atoms with E-state index in [4.69, 9.17) is 4.74 Å². The predicted octanol–water partition coefficient (Wildman–Crippen LogP) is 1.99. The van der Waals surface area contributed by atoms with Gasteiger partial charge in [-0.15, -0.1) is 0 Å². The van der Waals surface area contributed by atoms with Gasteiger partial charge in [-0.25, -0.2) is 4.79 Å². The van der Waals surface area contributed by atoms with Crippen LogP contribution in [0.25, 0.3) is 0 Å². The minimum absolute atomic E-state index is 0.0174. The first-order chi connectivity index (χ1) is 14.6. The lowest BCUT2D eigenvalue weighted by Gasteiger charge is -2.38. The number of ether oxygens (including phenoxy) is 1. The lowest BCUT2D eigenvalue weighted by atomic mass is 9.79. The van der Waals surface area contributed by atoms with Gasteiger partial charge in [-0.05, 0) is 68.8 Å². The minimum atomic E-state index is -0.489. The van der Waals surface area contributed by atoms with Gasteiger partial charge in [-0.1, -0.05) is 0 Å². The van der Waals surface area contributed by atoms with E-state index in [1.54, 1.807) is 18.2 Å². The molecule has 3 saturated heterocycles. The summed E-state index contributed by atoms with van der Waals surface area (Å²) in [5.41, 5.74) is 1.05. The van der Waals surface area contributed by atoms with Crippen LogP contribution in [0.4, 0.5) is 10.5 Å². The van der Waals surface area contributed by atoms with Crippen molar-refractivity contribution in [2.24, 2.45) is 11.8 Å². The Bertz CT molecular complexity index is 813. The Kier molecular flexibility index (Phi) is 6.22. The molecule has 0 spiro atoms. The first kappa shape index (κ1) is 20.7. The van der Waals surface area contributed by atoms with Crippen molar-refractivity contribution in [3.63, 3.8) is 0 Å². The Hall–Kier alpha value is -2.61. The van der Waals surface area contributed by atoms with Crippen molar-refractivity contribution in [3.05, 3.63) is 23.8 Å². The molecule has 0 aliphatic carbocycles. The Balaban J connectivity index is 1.45. The standard InChI is InChI=1S/C22H30N4O4/c1-30-19-3-2-17(14-18(19)26-13-8-20(27)24-22(26)29)21(28)25-11-6-16(7-12-25)15-4-9-23-10-5-15/h2-3,14-16,23H,4-13H2,1H3,(H,24,27,29). The third-order valence-electron chi connectivity index (χ3n) is 6.65. The van der Waals surface area contributed by atoms with Crippen LogP contribution in [0.1, 0.15) is 42.5 Å². The number of hydrogen-bond acceptors (Lipinski definition) is 5. The summed E-state index contributed by atoms with van der Waals surface area (Å²) in [6.07, 6.45) is 4.80. The van der Waals surface area contributed by atoms with E-state index in [1.165, 1.54) is 24.9 Å². The Labute approximate surface area is 176 Å². The van der Waals surface area contributed by atoms with E-state index in [0.717, 1.165) is 44.9 Å². The van der Waals surface area contributed by atoms with Crippen molar-refractivity contribution < 1.29 is 19.1 Å². The molecule has 3 fully saturated rings. The zero-order chi connectivity index (χ0) is 21.1. The van der Waals surface area contributed by atoms with Gasteiger partial charge < -0.3 is 15.0 Å². The summed E-state index contributed by atoms with van der Waals surface area (Å²) in [6, 6.07) is 4.68. The minimum Gasteiger partial charge on any atom is -0.495 e. The van der Waals surface area contributed by atoms with E-state index in [-0.39, 0.29) is 24.8 Å². The maximum absolute atomic E-state index is 13.2. The first-order valence-electron chi connectivity index (χ1n) is 10.9. The molecule has 4 rings (SSSR count). The number of piperidine rings is 2. The molecule has 0 saturated carbocycles. The molecule has 3 heterocycles. The topological polar surface area (TPSA) is 91.0 Å². The van der Waals surface area contributed by atoms with E-state index in [2.05, 4.69) is 10.6 Å². The Morgan fingerprint density at radius 1 is 1.03 bits per heavy atom. The smallest absolute Gasteiger partial charge is 0.328 e. The Morgan fingerprint density at radius 2 is 1.73 bits per heavy atom. The largest absolute Gasteiger partial charge is 0.495 e. The molecule has 8 heteroatoms. The number of methoxy groups -OCH3 is 1. The SMILES string of the molecule is COc1ccc(C(=O)N2CCC(C3CCNCC3)CC2)cc1N1CCC(=O)NC1=O. The van der Waals surface area contributed by atoms with E-state index in [9.17, 15) is 14.4 Å². The fourth-order valence-corrected chi connectivity index (χ4v) is 4.90. The quantitative estimate of drug-likeness (QED) is 0.786. The second kappa shape index (κ2) is 9.04. The summed E-state index contributed by atoms with van der Waals surface area (Å²) in [4.78, 5) is 40.3. The monoisotopic (exact) mass is 414 g/mol. The van der Waals surface area contributed by atoms with Crippen LogP contribution in [0.5, 0.6) is 5.75 Å². The van der Waals surface area contributed by atoms with Gasteiger partial charge >= 0.3 is 6.03 Å². The van der Waals surface area contributed by atoms with Gasteiger partial charge in [-0.2, -0.15) is 0 Å². The van der Waals surface area contributed by atoms with E-state index < -0.39 is 6.03 Å². The number of benzene rings is 1. The van der Waals surface area contributed by atoms with Crippen LogP contribution < -0.4 is 20.3 Å². The average molecular weight is 415 g/mol. The third-order valence-corrected chi connectivity index (χ3v) is 6.65. The number of imide groups is 1. The molecule has 0 unspecified atom stereocenters. The van der Waals surface area contributed by atoms with E-state index in [1.807, 2.05) is 4.90 Å². The number of carbonyl (C=O) groups excluding carboxylic acids is 3. The molecule has 4 amide bonds. The summed E-state index contributed by atoms with van der Waals surface area (Å²) in [5, 5.41) is 5.74. The molecule has 0 atom stereocenters. The summed E-state index contributed by atoms with van der Waals surface area (Å²) >= 11 is 0. The zero-order valence-electron chi connectivity index (χ0n) is 17.5. The molecule has 162 valence electrons. The fraction of sp³-hybridized carbons (Fsp3) is 0.591. The number of likely N-dealkylation sites (tertiary alicyclic amines) is 1. The van der Waals surface area contributed by atoms with Crippen molar-refractivity contribution in [1.82, 2.24) is 15.5 Å². The normalized spacial score (nSPS) is 21.5. The van der Waals surface area contributed by atoms with Crippen molar-refractivity contribution >= 4 is 23.5 Å².